The molecule has 0 bridgehead atoms. The van der Waals surface area contributed by atoms with Gasteiger partial charge in [-0.2, -0.15) is 0 Å². The topological polar surface area (TPSA) is 32.8 Å². The number of furan rings is 2. The van der Waals surface area contributed by atoms with Crippen LogP contribution in [0.4, 0.5) is 34.1 Å². The standard InChI is InChI=1S/C74H48N2O2Si2/c1-5-25-49(26-6-1)79(50-27-7-2-8-28-50)69-43-23-19-39-61(69)75(63-47-67-59(45-71(63)79)53-33-17-21-41-65(53)77-67)73-55-35-13-15-37-57(55)74(58-38-16-14-36-56(58)73)76-62-40-20-24-44-70(62)80(51-29-9-3-10-30-51,52-31-11-4-12-32-52)72-46-60-54-34-18-22-42-66(54)78-68(60)48-64(72)76/h1-48H. The predicted octanol–water partition coefficient (Wildman–Crippen LogP) is 14.1. The Balaban J connectivity index is 1.01. The summed E-state index contributed by atoms with van der Waals surface area (Å²) in [5.74, 6) is 0. The van der Waals surface area contributed by atoms with Gasteiger partial charge in [-0.05, 0) is 77.9 Å². The summed E-state index contributed by atoms with van der Waals surface area (Å²) in [6.45, 7) is 0. The molecule has 2 aliphatic heterocycles. The fourth-order valence-electron chi connectivity index (χ4n) is 14.4. The maximum atomic E-state index is 6.92. The van der Waals surface area contributed by atoms with Crippen molar-refractivity contribution in [2.75, 3.05) is 9.80 Å². The van der Waals surface area contributed by atoms with Crippen LogP contribution in [0.25, 0.3) is 65.4 Å². The Bertz CT molecular complexity index is 4530. The Hall–Kier alpha value is -9.99. The molecule has 80 heavy (non-hydrogen) atoms. The van der Waals surface area contributed by atoms with Gasteiger partial charge in [0.05, 0.1) is 22.7 Å². The molecule has 0 saturated heterocycles. The molecule has 0 unspecified atom stereocenters. The van der Waals surface area contributed by atoms with Crippen LogP contribution >= 0.6 is 0 Å². The normalized spacial score (nSPS) is 14.2. The van der Waals surface area contributed by atoms with Crippen LogP contribution < -0.4 is 51.3 Å². The molecule has 0 N–H and O–H groups in total. The van der Waals surface area contributed by atoms with Crippen molar-refractivity contribution in [3.05, 3.63) is 291 Å². The number of hydrogen-bond acceptors (Lipinski definition) is 4. The quantitative estimate of drug-likeness (QED) is 0.123. The Morgan fingerprint density at radius 2 is 0.500 bits per heavy atom. The summed E-state index contributed by atoms with van der Waals surface area (Å²) >= 11 is 0. The maximum absolute atomic E-state index is 6.92. The molecule has 0 radical (unpaired) electrons. The van der Waals surface area contributed by atoms with Gasteiger partial charge in [0.25, 0.3) is 0 Å². The molecule has 6 heteroatoms. The number of anilines is 6. The second-order valence-corrected chi connectivity index (χ2v) is 28.8. The lowest BCUT2D eigenvalue weighted by Crippen LogP contribution is -2.77. The first-order valence-electron chi connectivity index (χ1n) is 27.6. The molecule has 0 amide bonds. The van der Waals surface area contributed by atoms with E-state index >= 15 is 0 Å². The van der Waals surface area contributed by atoms with Crippen LogP contribution in [0.2, 0.25) is 0 Å². The zero-order valence-corrected chi connectivity index (χ0v) is 45.4. The zero-order valence-electron chi connectivity index (χ0n) is 43.4. The smallest absolute Gasteiger partial charge is 0.184 e. The van der Waals surface area contributed by atoms with Crippen molar-refractivity contribution in [3.8, 4) is 0 Å². The lowest BCUT2D eigenvalue weighted by molar-refractivity contribution is 0.668. The predicted molar refractivity (Wildman–Crippen MR) is 340 cm³/mol. The van der Waals surface area contributed by atoms with E-state index < -0.39 is 16.1 Å². The molecule has 0 saturated carbocycles. The van der Waals surface area contributed by atoms with Crippen LogP contribution in [0, 0.1) is 0 Å². The fraction of sp³-hybridized carbons (Fsp3) is 0. The number of benzene rings is 13. The Labute approximate surface area is 464 Å². The lowest BCUT2D eigenvalue weighted by Gasteiger charge is -2.46. The minimum absolute atomic E-state index is 0.867. The van der Waals surface area contributed by atoms with Crippen LogP contribution in [0.15, 0.2) is 300 Å². The first-order valence-corrected chi connectivity index (χ1v) is 31.6. The van der Waals surface area contributed by atoms with Crippen LogP contribution in [0.1, 0.15) is 0 Å². The van der Waals surface area contributed by atoms with Crippen LogP contribution in [0.3, 0.4) is 0 Å². The van der Waals surface area contributed by atoms with E-state index in [9.17, 15) is 0 Å². The van der Waals surface area contributed by atoms with E-state index in [4.69, 9.17) is 8.83 Å². The van der Waals surface area contributed by atoms with Gasteiger partial charge in [-0.3, -0.25) is 0 Å². The molecule has 2 aliphatic rings. The van der Waals surface area contributed by atoms with E-state index in [0.717, 1.165) is 88.2 Å². The van der Waals surface area contributed by atoms with Crippen LogP contribution in [0.5, 0.6) is 0 Å². The highest BCUT2D eigenvalue weighted by Gasteiger charge is 2.52. The summed E-state index contributed by atoms with van der Waals surface area (Å²) in [4.78, 5) is 5.20. The molecule has 0 aliphatic carbocycles. The molecule has 17 rings (SSSR count). The molecule has 2 aromatic heterocycles. The number of para-hydroxylation sites is 4. The molecule has 4 heterocycles. The first kappa shape index (κ1) is 45.1. The van der Waals surface area contributed by atoms with Gasteiger partial charge in [-0.1, -0.05) is 243 Å². The first-order chi connectivity index (χ1) is 39.7. The highest BCUT2D eigenvalue weighted by Crippen LogP contribution is 2.53. The van der Waals surface area contributed by atoms with Gasteiger partial charge in [0.1, 0.15) is 22.3 Å². The zero-order chi connectivity index (χ0) is 52.5. The lowest BCUT2D eigenvalue weighted by atomic mass is 9.95. The fourth-order valence-corrected chi connectivity index (χ4v) is 24.6. The monoisotopic (exact) mass is 1050 g/mol. The molecule has 0 fully saturated rings. The molecular weight excluding hydrogens is 1000 g/mol. The molecule has 13 aromatic carbocycles. The Morgan fingerprint density at radius 1 is 0.212 bits per heavy atom. The maximum Gasteiger partial charge on any atom is 0.184 e. The van der Waals surface area contributed by atoms with E-state index in [1.165, 1.54) is 52.9 Å². The van der Waals surface area contributed by atoms with Crippen molar-refractivity contribution < 1.29 is 8.83 Å². The van der Waals surface area contributed by atoms with E-state index in [-0.39, 0.29) is 0 Å². The van der Waals surface area contributed by atoms with Gasteiger partial charge in [0, 0.05) is 66.6 Å². The molecule has 0 atom stereocenters. The highest BCUT2D eigenvalue weighted by molar-refractivity contribution is 7.22. The van der Waals surface area contributed by atoms with E-state index in [0.29, 0.717) is 0 Å². The Morgan fingerprint density at radius 3 is 0.850 bits per heavy atom. The third kappa shape index (κ3) is 6.09. The van der Waals surface area contributed by atoms with Gasteiger partial charge in [0.2, 0.25) is 0 Å². The summed E-state index contributed by atoms with van der Waals surface area (Å²) in [6, 6.07) is 109. The van der Waals surface area contributed by atoms with Gasteiger partial charge < -0.3 is 18.6 Å². The van der Waals surface area contributed by atoms with Crippen molar-refractivity contribution in [1.29, 1.82) is 0 Å². The Kier molecular flexibility index (Phi) is 9.72. The summed E-state index contributed by atoms with van der Waals surface area (Å²) in [5.41, 5.74) is 10.3. The van der Waals surface area contributed by atoms with E-state index in [2.05, 4.69) is 301 Å². The summed E-state index contributed by atoms with van der Waals surface area (Å²) < 4.78 is 13.8. The van der Waals surface area contributed by atoms with Crippen molar-refractivity contribution in [3.63, 3.8) is 0 Å². The molecule has 0 spiro atoms. The number of hydrogen-bond donors (Lipinski definition) is 0. The third-order valence-electron chi connectivity index (χ3n) is 17.5. The molecule has 15 aromatic rings. The van der Waals surface area contributed by atoms with Crippen molar-refractivity contribution >= 4 is 157 Å². The summed E-state index contributed by atoms with van der Waals surface area (Å²) in [5, 5.41) is 19.7. The minimum Gasteiger partial charge on any atom is -0.456 e. The number of nitrogens with zero attached hydrogens (tertiary/aromatic N) is 2. The summed E-state index contributed by atoms with van der Waals surface area (Å²) in [6.07, 6.45) is 0. The number of fused-ring (bicyclic) bond motifs is 12. The molecule has 4 nitrogen and oxygen atoms in total. The SMILES string of the molecule is c1ccc([Si]2(c3ccccc3)c3ccccc3N(c3c4ccccc4c(N4c5ccccc5[Si](c5ccccc5)(c5ccccc5)c5cc6c(cc54)oc4ccccc46)c4ccccc34)c3cc4oc5ccccc5c4cc32)cc1. The highest BCUT2D eigenvalue weighted by atomic mass is 28.3. The van der Waals surface area contributed by atoms with Gasteiger partial charge in [0.15, 0.2) is 16.1 Å². The van der Waals surface area contributed by atoms with Crippen molar-refractivity contribution in [1.82, 2.24) is 0 Å². The minimum atomic E-state index is -3.08. The van der Waals surface area contributed by atoms with E-state index in [1.54, 1.807) is 0 Å². The van der Waals surface area contributed by atoms with Crippen LogP contribution in [-0.2, 0) is 0 Å². The van der Waals surface area contributed by atoms with Crippen molar-refractivity contribution in [2.45, 2.75) is 0 Å². The van der Waals surface area contributed by atoms with Gasteiger partial charge in [-0.15, -0.1) is 0 Å². The van der Waals surface area contributed by atoms with Gasteiger partial charge >= 0.3 is 0 Å². The third-order valence-corrected chi connectivity index (χ3v) is 27.2. The van der Waals surface area contributed by atoms with E-state index in [1.807, 2.05) is 0 Å². The molecular formula is C74H48N2O2Si2. The molecule has 374 valence electrons. The second kappa shape index (κ2) is 17.3. The number of rotatable bonds is 6. The second-order valence-electron chi connectivity index (χ2n) is 21.4. The summed E-state index contributed by atoms with van der Waals surface area (Å²) in [7, 11) is -6.16. The van der Waals surface area contributed by atoms with Gasteiger partial charge in [-0.25, -0.2) is 0 Å². The average Bonchev–Trinajstić information content (AvgIpc) is 2.73. The van der Waals surface area contributed by atoms with Crippen LogP contribution in [-0.4, -0.2) is 16.1 Å². The average molecular weight is 1050 g/mol. The van der Waals surface area contributed by atoms with Crippen molar-refractivity contribution in [2.24, 2.45) is 0 Å². The largest absolute Gasteiger partial charge is 0.456 e.